The number of aryl methyl sites for hydroxylation is 1. The van der Waals surface area contributed by atoms with E-state index in [1.54, 1.807) is 11.3 Å². The standard InChI is InChI=1S/C32H21N3O2S3/c36-30-26(18-21-15-17-27(37-21)40-32-33-24-12-6-7-13-25(24)39-32)38-31-34-28-22-11-5-4-8-19(22)14-16-23(28)29(35(30)31)20-9-2-1-3-10-20/h1-13,15,17-18,29H,14,16H2/b26-18+. The van der Waals surface area contributed by atoms with Crippen molar-refractivity contribution in [3.05, 3.63) is 139 Å². The Kier molecular flexibility index (Phi) is 5.72. The van der Waals surface area contributed by atoms with E-state index < -0.39 is 0 Å². The summed E-state index contributed by atoms with van der Waals surface area (Å²) in [5, 5.41) is 0.743. The second kappa shape index (κ2) is 9.59. The number of thiazole rings is 2. The minimum absolute atomic E-state index is 0.0419. The van der Waals surface area contributed by atoms with Crippen LogP contribution in [-0.4, -0.2) is 9.55 Å². The van der Waals surface area contributed by atoms with E-state index >= 15 is 0 Å². The van der Waals surface area contributed by atoms with Crippen LogP contribution in [0, 0.1) is 0 Å². The van der Waals surface area contributed by atoms with Crippen LogP contribution in [0.25, 0.3) is 22.0 Å². The van der Waals surface area contributed by atoms with Gasteiger partial charge in [0.15, 0.2) is 14.2 Å². The Labute approximate surface area is 241 Å². The molecule has 0 radical (unpaired) electrons. The van der Waals surface area contributed by atoms with Crippen LogP contribution in [0.4, 0.5) is 0 Å². The van der Waals surface area contributed by atoms with Gasteiger partial charge in [-0.25, -0.2) is 9.98 Å². The smallest absolute Gasteiger partial charge is 0.271 e. The van der Waals surface area contributed by atoms with Crippen molar-refractivity contribution in [1.82, 2.24) is 9.55 Å². The predicted molar refractivity (Wildman–Crippen MR) is 162 cm³/mol. The van der Waals surface area contributed by atoms with Crippen LogP contribution in [0.3, 0.4) is 0 Å². The maximum atomic E-state index is 13.9. The molecular formula is C32H21N3O2S3. The number of aromatic nitrogens is 2. The summed E-state index contributed by atoms with van der Waals surface area (Å²) >= 11 is 4.56. The van der Waals surface area contributed by atoms with Gasteiger partial charge in [-0.2, -0.15) is 0 Å². The molecule has 4 heterocycles. The van der Waals surface area contributed by atoms with Gasteiger partial charge in [-0.15, -0.1) is 11.3 Å². The Morgan fingerprint density at radius 3 is 2.62 bits per heavy atom. The van der Waals surface area contributed by atoms with E-state index in [2.05, 4.69) is 42.5 Å². The first-order valence-corrected chi connectivity index (χ1v) is 15.5. The van der Waals surface area contributed by atoms with Crippen LogP contribution in [0.15, 0.2) is 120 Å². The van der Waals surface area contributed by atoms with Crippen molar-refractivity contribution < 1.29 is 4.42 Å². The van der Waals surface area contributed by atoms with E-state index in [-0.39, 0.29) is 11.6 Å². The normalized spacial score (nSPS) is 16.5. The highest BCUT2D eigenvalue weighted by Crippen LogP contribution is 2.41. The lowest BCUT2D eigenvalue weighted by atomic mass is 9.83. The molecule has 8 heteroatoms. The molecule has 5 nitrogen and oxygen atoms in total. The Morgan fingerprint density at radius 2 is 1.73 bits per heavy atom. The summed E-state index contributed by atoms with van der Waals surface area (Å²) in [5.41, 5.74) is 6.74. The first-order valence-electron chi connectivity index (χ1n) is 13.0. The number of furan rings is 1. The topological polar surface area (TPSA) is 60.4 Å². The maximum Gasteiger partial charge on any atom is 0.271 e. The van der Waals surface area contributed by atoms with Crippen LogP contribution in [0.2, 0.25) is 0 Å². The van der Waals surface area contributed by atoms with Gasteiger partial charge in [-0.3, -0.25) is 9.36 Å². The zero-order chi connectivity index (χ0) is 26.6. The summed E-state index contributed by atoms with van der Waals surface area (Å²) in [4.78, 5) is 24.4. The number of rotatable bonds is 4. The average molecular weight is 576 g/mol. The molecule has 0 saturated heterocycles. The number of nitrogens with zero attached hydrogens (tertiary/aromatic N) is 3. The molecule has 1 atom stereocenters. The first kappa shape index (κ1) is 23.9. The second-order valence-corrected chi connectivity index (χ2v) is 13.0. The van der Waals surface area contributed by atoms with Crippen molar-refractivity contribution >= 4 is 56.4 Å². The third-order valence-electron chi connectivity index (χ3n) is 7.33. The van der Waals surface area contributed by atoms with Gasteiger partial charge in [0.05, 0.1) is 26.5 Å². The minimum Gasteiger partial charge on any atom is -0.450 e. The van der Waals surface area contributed by atoms with Crippen molar-refractivity contribution in [3.8, 4) is 0 Å². The predicted octanol–water partition coefficient (Wildman–Crippen LogP) is 6.67. The molecule has 0 fully saturated rings. The molecule has 0 N–H and O–H groups in total. The van der Waals surface area contributed by atoms with Gasteiger partial charge in [-0.05, 0) is 65.6 Å². The molecule has 8 rings (SSSR count). The Bertz CT molecular complexity index is 2100. The molecule has 0 amide bonds. The van der Waals surface area contributed by atoms with Gasteiger partial charge in [0.2, 0.25) is 0 Å². The van der Waals surface area contributed by atoms with Gasteiger partial charge < -0.3 is 4.42 Å². The Hall–Kier alpha value is -3.98. The zero-order valence-corrected chi connectivity index (χ0v) is 23.6. The lowest BCUT2D eigenvalue weighted by Crippen LogP contribution is -2.38. The van der Waals surface area contributed by atoms with E-state index in [1.807, 2.05) is 59.2 Å². The van der Waals surface area contributed by atoms with Crippen molar-refractivity contribution in [2.45, 2.75) is 28.3 Å². The molecule has 194 valence electrons. The Balaban J connectivity index is 1.22. The van der Waals surface area contributed by atoms with Crippen molar-refractivity contribution in [3.63, 3.8) is 0 Å². The molecule has 0 spiro atoms. The number of hydrogen-bond donors (Lipinski definition) is 0. The van der Waals surface area contributed by atoms with E-state index in [0.717, 1.165) is 48.6 Å². The van der Waals surface area contributed by atoms with E-state index in [4.69, 9.17) is 14.4 Å². The largest absolute Gasteiger partial charge is 0.450 e. The van der Waals surface area contributed by atoms with Crippen LogP contribution in [-0.2, 0) is 6.42 Å². The van der Waals surface area contributed by atoms with Gasteiger partial charge in [0, 0.05) is 11.6 Å². The monoisotopic (exact) mass is 575 g/mol. The average Bonchev–Trinajstić information content (AvgIpc) is 3.69. The van der Waals surface area contributed by atoms with Crippen LogP contribution in [0.5, 0.6) is 0 Å². The molecule has 1 aliphatic heterocycles. The number of allylic oxidation sites excluding steroid dienone is 1. The van der Waals surface area contributed by atoms with Crippen LogP contribution in [0.1, 0.15) is 34.9 Å². The lowest BCUT2D eigenvalue weighted by Gasteiger charge is -2.30. The quantitative estimate of drug-likeness (QED) is 0.236. The highest BCUT2D eigenvalue weighted by atomic mass is 32.2. The molecule has 3 aromatic carbocycles. The third kappa shape index (κ3) is 4.02. The molecule has 0 saturated carbocycles. The number of benzene rings is 3. The zero-order valence-electron chi connectivity index (χ0n) is 21.1. The molecule has 1 aliphatic carbocycles. The maximum absolute atomic E-state index is 13.9. The fourth-order valence-electron chi connectivity index (χ4n) is 5.53. The van der Waals surface area contributed by atoms with Crippen molar-refractivity contribution in [2.24, 2.45) is 4.99 Å². The highest BCUT2D eigenvalue weighted by molar-refractivity contribution is 8.01. The summed E-state index contributed by atoms with van der Waals surface area (Å²) in [5.74, 6) is 0.638. The van der Waals surface area contributed by atoms with Crippen molar-refractivity contribution in [2.75, 3.05) is 0 Å². The fraction of sp³-hybridized carbons (Fsp3) is 0.0938. The Morgan fingerprint density at radius 1 is 0.900 bits per heavy atom. The number of para-hydroxylation sites is 1. The molecule has 2 aliphatic rings. The molecule has 1 unspecified atom stereocenters. The summed E-state index contributed by atoms with van der Waals surface area (Å²) in [6, 6.07) is 30.6. The number of hydrogen-bond acceptors (Lipinski definition) is 7. The minimum atomic E-state index is -0.176. The first-order chi connectivity index (χ1) is 19.7. The van der Waals surface area contributed by atoms with Gasteiger partial charge in [-0.1, -0.05) is 78.1 Å². The van der Waals surface area contributed by atoms with Gasteiger partial charge >= 0.3 is 0 Å². The second-order valence-electron chi connectivity index (χ2n) is 9.73. The van der Waals surface area contributed by atoms with E-state index in [9.17, 15) is 4.79 Å². The van der Waals surface area contributed by atoms with Crippen LogP contribution < -0.4 is 14.9 Å². The molecule has 0 bridgehead atoms. The van der Waals surface area contributed by atoms with E-state index in [0.29, 0.717) is 10.3 Å². The number of fused-ring (bicyclic) bond motifs is 4. The molecular weight excluding hydrogens is 555 g/mol. The molecule has 6 aromatic rings. The molecule has 40 heavy (non-hydrogen) atoms. The lowest BCUT2D eigenvalue weighted by molar-refractivity contribution is 0.466. The third-order valence-corrected chi connectivity index (χ3v) is 10.3. The fourth-order valence-corrected chi connectivity index (χ4v) is 8.48. The summed E-state index contributed by atoms with van der Waals surface area (Å²) < 4.78 is 10.7. The summed E-state index contributed by atoms with van der Waals surface area (Å²) in [7, 11) is 0. The molecule has 3 aromatic heterocycles. The highest BCUT2D eigenvalue weighted by Gasteiger charge is 2.32. The summed E-state index contributed by atoms with van der Waals surface area (Å²) in [6.07, 6.45) is 3.66. The summed E-state index contributed by atoms with van der Waals surface area (Å²) in [6.45, 7) is 0. The van der Waals surface area contributed by atoms with Crippen LogP contribution >= 0.6 is 34.4 Å². The van der Waals surface area contributed by atoms with Gasteiger partial charge in [0.25, 0.3) is 5.56 Å². The van der Waals surface area contributed by atoms with Crippen molar-refractivity contribution in [1.29, 1.82) is 0 Å². The SMILES string of the molecule is O=c1/c(=C\c2ccc(Sc3nc4ccccc4s3)o2)sc2n1C(c1ccccc1)C1=C(N=2)c2ccccc2CC1. The van der Waals surface area contributed by atoms with Gasteiger partial charge in [0.1, 0.15) is 5.76 Å². The van der Waals surface area contributed by atoms with E-state index in [1.165, 1.54) is 39.8 Å².